The summed E-state index contributed by atoms with van der Waals surface area (Å²) in [5.74, 6) is 4.04. The van der Waals surface area contributed by atoms with Crippen LogP contribution in [0.5, 0.6) is 0 Å². The molecule has 0 aromatic heterocycles. The molecule has 2 aromatic rings. The van der Waals surface area contributed by atoms with Gasteiger partial charge in [0.2, 0.25) is 29.0 Å². The molecule has 9 rings (SSSR count). The summed E-state index contributed by atoms with van der Waals surface area (Å²) in [6.45, 7) is 25.5. The van der Waals surface area contributed by atoms with Crippen LogP contribution in [0.3, 0.4) is 0 Å². The Labute approximate surface area is 524 Å². The summed E-state index contributed by atoms with van der Waals surface area (Å²) >= 11 is 0. The molecule has 0 bridgehead atoms. The minimum atomic E-state index is -1.12. The second kappa shape index (κ2) is 29.7. The third-order valence-corrected chi connectivity index (χ3v) is 22.2. The smallest absolute Gasteiger partial charge is 0.254 e. The molecule has 2 heterocycles. The zero-order valence-corrected chi connectivity index (χ0v) is 54.7. The molecule has 4 saturated carbocycles. The van der Waals surface area contributed by atoms with E-state index in [0.29, 0.717) is 35.4 Å². The fourth-order valence-corrected chi connectivity index (χ4v) is 17.3. The van der Waals surface area contributed by atoms with Gasteiger partial charge < -0.3 is 45.5 Å². The number of Topliss-reactive ketones (excluding diaryl/α,β-unsaturated/α-hetero) is 1. The Kier molecular flexibility index (Phi) is 22.3. The second-order valence-corrected chi connectivity index (χ2v) is 27.6. The Hall–Kier alpha value is -6.13. The van der Waals surface area contributed by atoms with Crippen LogP contribution < -0.4 is 36.5 Å². The van der Waals surface area contributed by atoms with E-state index in [9.17, 15) is 28.8 Å². The van der Waals surface area contributed by atoms with Crippen LogP contribution in [-0.2, 0) is 28.7 Å². The minimum Gasteiger partial charge on any atom is -0.456 e. The quantitative estimate of drug-likeness (QED) is 0.0253. The summed E-state index contributed by atoms with van der Waals surface area (Å²) in [6, 6.07) is 19.2. The van der Waals surface area contributed by atoms with E-state index in [1.165, 1.54) is 57.8 Å². The Morgan fingerprint density at radius 3 is 2.23 bits per heavy atom. The van der Waals surface area contributed by atoms with Crippen LogP contribution in [0.25, 0.3) is 33.4 Å². The van der Waals surface area contributed by atoms with Crippen LogP contribution in [0, 0.1) is 52.3 Å². The van der Waals surface area contributed by atoms with Gasteiger partial charge in [-0.3, -0.25) is 28.8 Å². The predicted molar refractivity (Wildman–Crippen MR) is 349 cm³/mol. The number of primary amides is 1. The molecule has 5 unspecified atom stereocenters. The number of hydrogen-bond donors (Lipinski definition) is 4. The average molecular weight is 1210 g/mol. The molecule has 16 heteroatoms. The fourth-order valence-electron chi connectivity index (χ4n) is 17.3. The van der Waals surface area contributed by atoms with E-state index in [1.807, 2.05) is 24.3 Å². The number of amides is 5. The molecule has 0 spiro atoms. The largest absolute Gasteiger partial charge is 0.456 e. The summed E-state index contributed by atoms with van der Waals surface area (Å²) in [6.07, 6.45) is 15.4. The van der Waals surface area contributed by atoms with Crippen molar-refractivity contribution in [3.8, 4) is 22.5 Å². The second-order valence-electron chi connectivity index (χ2n) is 27.6. The molecule has 0 radical (unpaired) electrons. The molecule has 1 saturated heterocycles. The topological polar surface area (TPSA) is 200 Å². The highest BCUT2D eigenvalue weighted by Gasteiger charge is 2.60. The number of fused-ring (bicyclic) bond motifs is 7. The lowest BCUT2D eigenvalue weighted by Crippen LogP contribution is -2.54. The van der Waals surface area contributed by atoms with Crippen molar-refractivity contribution in [2.45, 2.75) is 171 Å². The van der Waals surface area contributed by atoms with Gasteiger partial charge >= 0.3 is 0 Å². The number of nitrogens with zero attached hydrogens (tertiary/aromatic N) is 4. The Balaban J connectivity index is 0.737. The van der Waals surface area contributed by atoms with Gasteiger partial charge in [0, 0.05) is 98.6 Å². The highest BCUT2D eigenvalue weighted by atomic mass is 16.5. The lowest BCUT2D eigenvalue weighted by Gasteiger charge is -2.61. The number of benzene rings is 3. The third kappa shape index (κ3) is 14.9. The fraction of sp³-hybridized carbons (Fsp3) is 0.653. The Morgan fingerprint density at radius 1 is 0.773 bits per heavy atom. The first kappa shape index (κ1) is 66.3. The van der Waals surface area contributed by atoms with Crippen molar-refractivity contribution in [3.05, 3.63) is 71.6 Å². The number of piperazine rings is 1. The van der Waals surface area contributed by atoms with E-state index in [1.54, 1.807) is 9.80 Å². The molecule has 480 valence electrons. The molecule has 16 nitrogen and oxygen atoms in total. The van der Waals surface area contributed by atoms with Gasteiger partial charge in [0.1, 0.15) is 37.1 Å². The zero-order chi connectivity index (χ0) is 62.9. The van der Waals surface area contributed by atoms with Crippen LogP contribution in [0.15, 0.2) is 65.1 Å². The van der Waals surface area contributed by atoms with E-state index < -0.39 is 30.3 Å². The summed E-state index contributed by atoms with van der Waals surface area (Å²) in [5, 5.41) is 10.3. The van der Waals surface area contributed by atoms with Gasteiger partial charge in [0.05, 0.1) is 25.3 Å². The maximum atomic E-state index is 14.7. The van der Waals surface area contributed by atoms with Crippen LogP contribution in [-0.4, -0.2) is 136 Å². The number of ether oxygens (including phenoxy) is 1. The van der Waals surface area contributed by atoms with Gasteiger partial charge in [-0.1, -0.05) is 72.1 Å². The van der Waals surface area contributed by atoms with Gasteiger partial charge in [0.15, 0.2) is 5.78 Å². The van der Waals surface area contributed by atoms with Crippen LogP contribution >= 0.6 is 0 Å². The molecule has 7 aliphatic rings. The van der Waals surface area contributed by atoms with Crippen molar-refractivity contribution >= 4 is 52.0 Å². The van der Waals surface area contributed by atoms with Gasteiger partial charge in [-0.15, -0.1) is 0 Å². The number of hydrogen-bond acceptors (Lipinski definition) is 10. The highest BCUT2D eigenvalue weighted by Crippen LogP contribution is 2.68. The lowest BCUT2D eigenvalue weighted by atomic mass is 9.44. The zero-order valence-electron chi connectivity index (χ0n) is 54.7. The molecular weight excluding hydrogens is 1100 g/mol. The molecule has 5 fully saturated rings. The van der Waals surface area contributed by atoms with Crippen molar-refractivity contribution in [2.24, 2.45) is 58.0 Å². The van der Waals surface area contributed by atoms with Gasteiger partial charge in [-0.25, -0.2) is 4.58 Å². The maximum Gasteiger partial charge on any atom is 0.254 e. The standard InChI is InChI=1S/C72H104N8O8/c1-10-77(11-2)50-22-25-57-63(42-50)88-64-43-51(78(12-3)13-4)23-26-58(64)68(57)54-19-14-15-20-55(54)70(86)80-39-37-79(38-40-80)67(84)30-29-62(69(85)75-45-65(73)82)76-66(83)33-36-74-44-52(81)46-87-53-31-34-71(8)49(41-53)21-24-56-60-28-27-59(48(7)18-16-17-47(5)6)72(60,9)35-32-61(56)71/h14-15,19-20,22-23,25-26,42-43,47-49,53,56,59-62,74H,10-13,16-18,21,24,27-41,44-46H2,1-9H3,(H3-,73,75,76,82,83,85)/p+1/t48?,49?,53-,56?,59+,60?,61?,62-,71-,72+/m0/s1. The number of carbonyl (C=O) groups is 6. The summed E-state index contributed by atoms with van der Waals surface area (Å²) in [5.41, 5.74) is 11.1. The predicted octanol–water partition coefficient (Wildman–Crippen LogP) is 10.1. The summed E-state index contributed by atoms with van der Waals surface area (Å²) in [7, 11) is 0. The van der Waals surface area contributed by atoms with Crippen LogP contribution in [0.4, 0.5) is 5.69 Å². The first-order valence-electron chi connectivity index (χ1n) is 34.0. The number of nitrogens with one attached hydrogen (secondary N) is 3. The van der Waals surface area contributed by atoms with Crippen molar-refractivity contribution in [1.82, 2.24) is 30.3 Å². The third-order valence-electron chi connectivity index (χ3n) is 22.2. The van der Waals surface area contributed by atoms with Crippen LogP contribution in [0.2, 0.25) is 0 Å². The maximum absolute atomic E-state index is 14.7. The first-order chi connectivity index (χ1) is 42.3. The van der Waals surface area contributed by atoms with E-state index in [-0.39, 0.29) is 75.7 Å². The van der Waals surface area contributed by atoms with Gasteiger partial charge in [-0.05, 0) is 174 Å². The van der Waals surface area contributed by atoms with Crippen molar-refractivity contribution in [1.29, 1.82) is 0 Å². The Bertz CT molecular complexity index is 3140. The van der Waals surface area contributed by atoms with Crippen molar-refractivity contribution < 1.29 is 37.9 Å². The van der Waals surface area contributed by atoms with E-state index in [2.05, 4.69) is 124 Å². The molecule has 2 aromatic carbocycles. The molecule has 2 aliphatic heterocycles. The molecule has 5 amide bonds. The van der Waals surface area contributed by atoms with Crippen LogP contribution in [0.1, 0.15) is 169 Å². The minimum absolute atomic E-state index is 0.0228. The molecular formula is C72H105N8O8+. The number of nitrogens with two attached hydrogens (primary N) is 1. The van der Waals surface area contributed by atoms with Gasteiger partial charge in [0.25, 0.3) is 5.91 Å². The summed E-state index contributed by atoms with van der Waals surface area (Å²) in [4.78, 5) is 85.7. The van der Waals surface area contributed by atoms with Crippen molar-refractivity contribution in [2.75, 3.05) is 83.5 Å². The van der Waals surface area contributed by atoms with Gasteiger partial charge in [-0.2, -0.15) is 0 Å². The summed E-state index contributed by atoms with van der Waals surface area (Å²) < 4.78 is 15.4. The highest BCUT2D eigenvalue weighted by molar-refractivity contribution is 6.09. The van der Waals surface area contributed by atoms with Crippen molar-refractivity contribution in [3.63, 3.8) is 0 Å². The SMILES string of the molecule is CCN(CC)c1ccc2c(-c3ccccc3C(=O)N3CCN(C(=O)CC[C@H](NC(=O)CCNCC(=O)CO[C@H]4CC[C@@]5(C)C(CCC6C5CC[C@@]5(C)C6CC[C@@H]5C(C)CCCC(C)C)C4)C(=O)NCC(N)=O)CC3)c3ccc(=[N+](CC)CC)cc-3oc2c1. The number of anilines is 1. The monoisotopic (exact) mass is 1210 g/mol. The number of carbonyl (C=O) groups excluding carboxylic acids is 6. The van der Waals surface area contributed by atoms with E-state index in [0.717, 1.165) is 125 Å². The number of ketones is 1. The van der Waals surface area contributed by atoms with E-state index in [4.69, 9.17) is 14.9 Å². The molecule has 10 atom stereocenters. The van der Waals surface area contributed by atoms with E-state index >= 15 is 0 Å². The molecule has 5 aliphatic carbocycles. The lowest BCUT2D eigenvalue weighted by molar-refractivity contribution is -0.143. The first-order valence-corrected chi connectivity index (χ1v) is 34.0. The molecule has 5 N–H and O–H groups in total. The average Bonchev–Trinajstić information content (AvgIpc) is 1.40. The Morgan fingerprint density at radius 2 is 1.50 bits per heavy atom. The normalized spacial score (nSPS) is 24.9. The molecule has 88 heavy (non-hydrogen) atoms. The number of rotatable bonds is 27.